The number of amides is 3. The van der Waals surface area contributed by atoms with Crippen molar-refractivity contribution in [3.05, 3.63) is 0 Å². The van der Waals surface area contributed by atoms with Crippen molar-refractivity contribution >= 4 is 23.7 Å². The van der Waals surface area contributed by atoms with Gasteiger partial charge in [-0.1, -0.05) is 48.0 Å². The van der Waals surface area contributed by atoms with Gasteiger partial charge >= 0.3 is 5.97 Å². The Morgan fingerprint density at radius 1 is 0.889 bits per heavy atom. The molecule has 0 aromatic heterocycles. The van der Waals surface area contributed by atoms with Crippen LogP contribution in [0, 0.1) is 17.8 Å². The van der Waals surface area contributed by atoms with Crippen LogP contribution in [0.25, 0.3) is 0 Å². The Morgan fingerprint density at radius 2 is 1.41 bits per heavy atom. The van der Waals surface area contributed by atoms with Gasteiger partial charge in [-0.05, 0) is 17.8 Å². The van der Waals surface area contributed by atoms with E-state index in [0.29, 0.717) is 0 Å². The first-order valence-electron chi connectivity index (χ1n) is 9.28. The Morgan fingerprint density at radius 3 is 1.81 bits per heavy atom. The van der Waals surface area contributed by atoms with Crippen LogP contribution in [0.3, 0.4) is 0 Å². The van der Waals surface area contributed by atoms with Crippen LogP contribution < -0.4 is 21.7 Å². The van der Waals surface area contributed by atoms with Gasteiger partial charge in [0.05, 0.1) is 12.6 Å². The molecular weight excluding hydrogens is 352 g/mol. The SMILES string of the molecule is CCC(C)C(N)C(=O)NC(C(=O)NCC(=O)NC(C(=O)O)C(C)C)C(C)C. The number of nitrogens with one attached hydrogen (secondary N) is 3. The minimum atomic E-state index is -1.14. The molecule has 0 aliphatic heterocycles. The van der Waals surface area contributed by atoms with Crippen LogP contribution in [0.1, 0.15) is 48.0 Å². The highest BCUT2D eigenvalue weighted by Gasteiger charge is 2.29. The van der Waals surface area contributed by atoms with Crippen molar-refractivity contribution in [2.75, 3.05) is 6.54 Å². The summed E-state index contributed by atoms with van der Waals surface area (Å²) in [5.41, 5.74) is 5.89. The molecule has 3 amide bonds. The van der Waals surface area contributed by atoms with Crippen LogP contribution in [-0.2, 0) is 19.2 Å². The Balaban J connectivity index is 4.79. The molecule has 0 aromatic carbocycles. The zero-order valence-corrected chi connectivity index (χ0v) is 17.0. The van der Waals surface area contributed by atoms with Gasteiger partial charge < -0.3 is 26.8 Å². The van der Waals surface area contributed by atoms with Crippen molar-refractivity contribution < 1.29 is 24.3 Å². The molecule has 0 radical (unpaired) electrons. The van der Waals surface area contributed by atoms with Crippen molar-refractivity contribution in [1.82, 2.24) is 16.0 Å². The number of carbonyl (C=O) groups is 4. The summed E-state index contributed by atoms with van der Waals surface area (Å²) in [5, 5.41) is 16.5. The van der Waals surface area contributed by atoms with Gasteiger partial charge in [0, 0.05) is 0 Å². The summed E-state index contributed by atoms with van der Waals surface area (Å²) in [6, 6.07) is -2.61. The summed E-state index contributed by atoms with van der Waals surface area (Å²) < 4.78 is 0. The largest absolute Gasteiger partial charge is 0.480 e. The molecule has 0 saturated carbocycles. The van der Waals surface area contributed by atoms with E-state index in [4.69, 9.17) is 10.8 Å². The molecule has 0 bridgehead atoms. The number of aliphatic carboxylic acids is 1. The van der Waals surface area contributed by atoms with Crippen molar-refractivity contribution in [1.29, 1.82) is 0 Å². The normalized spacial score (nSPS) is 15.6. The predicted octanol–water partition coefficient (Wildman–Crippen LogP) is -0.158. The Hall–Kier alpha value is -2.16. The number of hydrogen-bond donors (Lipinski definition) is 5. The Labute approximate surface area is 160 Å². The highest BCUT2D eigenvalue weighted by Crippen LogP contribution is 2.08. The number of rotatable bonds is 11. The Bertz CT molecular complexity index is 536. The average Bonchev–Trinajstić information content (AvgIpc) is 2.59. The number of carbonyl (C=O) groups excluding carboxylic acids is 3. The second kappa shape index (κ2) is 11.5. The number of carboxylic acid groups (broad SMARTS) is 1. The standard InChI is InChI=1S/C18H34N4O5/c1-7-11(6)13(19)16(24)22-14(9(2)3)17(25)20-8-12(23)21-15(10(4)5)18(26)27/h9-11,13-15H,7-8,19H2,1-6H3,(H,20,25)(H,21,23)(H,22,24)(H,26,27). The number of carboxylic acids is 1. The molecule has 156 valence electrons. The molecule has 27 heavy (non-hydrogen) atoms. The molecule has 0 aliphatic carbocycles. The molecule has 4 atom stereocenters. The van der Waals surface area contributed by atoms with Gasteiger partial charge in [-0.15, -0.1) is 0 Å². The third-order valence-corrected chi connectivity index (χ3v) is 4.48. The lowest BCUT2D eigenvalue weighted by Gasteiger charge is -2.25. The van der Waals surface area contributed by atoms with E-state index in [1.165, 1.54) is 0 Å². The molecule has 0 heterocycles. The fraction of sp³-hybridized carbons (Fsp3) is 0.778. The quantitative estimate of drug-likeness (QED) is 0.333. The summed E-state index contributed by atoms with van der Waals surface area (Å²) in [4.78, 5) is 47.6. The first-order valence-corrected chi connectivity index (χ1v) is 9.28. The maximum absolute atomic E-state index is 12.4. The minimum absolute atomic E-state index is 0.0318. The van der Waals surface area contributed by atoms with Crippen LogP contribution in [0.4, 0.5) is 0 Å². The summed E-state index contributed by atoms with van der Waals surface area (Å²) in [6.07, 6.45) is 0.730. The van der Waals surface area contributed by atoms with Gasteiger partial charge in [0.25, 0.3) is 0 Å². The summed E-state index contributed by atoms with van der Waals surface area (Å²) in [6.45, 7) is 10.3. The van der Waals surface area contributed by atoms with Gasteiger partial charge in [0.1, 0.15) is 12.1 Å². The van der Waals surface area contributed by atoms with Gasteiger partial charge in [-0.3, -0.25) is 14.4 Å². The third-order valence-electron chi connectivity index (χ3n) is 4.48. The first kappa shape index (κ1) is 24.8. The molecular formula is C18H34N4O5. The van der Waals surface area contributed by atoms with Crippen LogP contribution in [-0.4, -0.2) is 53.5 Å². The fourth-order valence-electron chi connectivity index (χ4n) is 2.31. The lowest BCUT2D eigenvalue weighted by molar-refractivity contribution is -0.143. The van der Waals surface area contributed by atoms with Gasteiger partial charge in [0.2, 0.25) is 17.7 Å². The summed E-state index contributed by atoms with van der Waals surface area (Å²) >= 11 is 0. The molecule has 0 saturated heterocycles. The molecule has 0 aliphatic rings. The topological polar surface area (TPSA) is 151 Å². The maximum atomic E-state index is 12.4. The number of hydrogen-bond acceptors (Lipinski definition) is 5. The maximum Gasteiger partial charge on any atom is 0.326 e. The third kappa shape index (κ3) is 8.38. The monoisotopic (exact) mass is 386 g/mol. The molecule has 4 unspecified atom stereocenters. The lowest BCUT2D eigenvalue weighted by atomic mass is 9.97. The van der Waals surface area contributed by atoms with Crippen molar-refractivity contribution in [2.45, 2.75) is 66.1 Å². The Kier molecular flexibility index (Phi) is 10.6. The highest BCUT2D eigenvalue weighted by atomic mass is 16.4. The van der Waals surface area contributed by atoms with E-state index in [-0.39, 0.29) is 24.3 Å². The second-order valence-electron chi connectivity index (χ2n) is 7.49. The lowest BCUT2D eigenvalue weighted by Crippen LogP contribution is -2.56. The minimum Gasteiger partial charge on any atom is -0.480 e. The van der Waals surface area contributed by atoms with Crippen molar-refractivity contribution in [3.8, 4) is 0 Å². The molecule has 6 N–H and O–H groups in total. The summed E-state index contributed by atoms with van der Waals surface area (Å²) in [7, 11) is 0. The van der Waals surface area contributed by atoms with Crippen LogP contribution >= 0.6 is 0 Å². The first-order chi connectivity index (χ1) is 12.4. The van der Waals surface area contributed by atoms with E-state index >= 15 is 0 Å². The van der Waals surface area contributed by atoms with E-state index in [1.807, 2.05) is 13.8 Å². The van der Waals surface area contributed by atoms with Gasteiger partial charge in [-0.2, -0.15) is 0 Å². The zero-order chi connectivity index (χ0) is 21.3. The van der Waals surface area contributed by atoms with Gasteiger partial charge in [-0.25, -0.2) is 4.79 Å². The fourth-order valence-corrected chi connectivity index (χ4v) is 2.31. The average molecular weight is 386 g/mol. The van der Waals surface area contributed by atoms with E-state index in [0.717, 1.165) is 6.42 Å². The summed E-state index contributed by atoms with van der Waals surface area (Å²) in [5.74, 6) is -3.26. The van der Waals surface area contributed by atoms with Crippen LogP contribution in [0.5, 0.6) is 0 Å². The van der Waals surface area contributed by atoms with Crippen LogP contribution in [0.2, 0.25) is 0 Å². The van der Waals surface area contributed by atoms with E-state index < -0.39 is 41.8 Å². The predicted molar refractivity (Wildman–Crippen MR) is 102 cm³/mol. The van der Waals surface area contributed by atoms with Gasteiger partial charge in [0.15, 0.2) is 0 Å². The van der Waals surface area contributed by atoms with Crippen molar-refractivity contribution in [2.24, 2.45) is 23.5 Å². The van der Waals surface area contributed by atoms with E-state index in [2.05, 4.69) is 16.0 Å². The highest BCUT2D eigenvalue weighted by molar-refractivity contribution is 5.92. The smallest absolute Gasteiger partial charge is 0.326 e. The second-order valence-corrected chi connectivity index (χ2v) is 7.49. The van der Waals surface area contributed by atoms with E-state index in [9.17, 15) is 19.2 Å². The number of nitrogens with two attached hydrogens (primary N) is 1. The van der Waals surface area contributed by atoms with Crippen LogP contribution in [0.15, 0.2) is 0 Å². The molecule has 0 spiro atoms. The van der Waals surface area contributed by atoms with E-state index in [1.54, 1.807) is 27.7 Å². The van der Waals surface area contributed by atoms with Crippen molar-refractivity contribution in [3.63, 3.8) is 0 Å². The molecule has 9 heteroatoms. The molecule has 0 fully saturated rings. The zero-order valence-electron chi connectivity index (χ0n) is 17.0. The molecule has 0 rings (SSSR count). The molecule has 9 nitrogen and oxygen atoms in total. The molecule has 0 aromatic rings.